The van der Waals surface area contributed by atoms with Crippen molar-refractivity contribution in [2.24, 2.45) is 11.7 Å². The number of piperidine rings is 1. The Labute approximate surface area is 79.0 Å². The maximum atomic E-state index is 11.3. The van der Waals surface area contributed by atoms with Gasteiger partial charge in [-0.15, -0.1) is 0 Å². The monoisotopic (exact) mass is 186 g/mol. The summed E-state index contributed by atoms with van der Waals surface area (Å²) in [6.45, 7) is 3.48. The van der Waals surface area contributed by atoms with E-state index in [1.807, 2.05) is 6.92 Å². The van der Waals surface area contributed by atoms with Crippen molar-refractivity contribution in [3.8, 4) is 0 Å². The number of methoxy groups -OCH3 is 1. The van der Waals surface area contributed by atoms with Crippen LogP contribution in [0.3, 0.4) is 0 Å². The maximum absolute atomic E-state index is 11.3. The predicted octanol–water partition coefficient (Wildman–Crippen LogP) is 0.812. The minimum atomic E-state index is -0.231. The molecule has 76 valence electrons. The third-order valence-corrected chi connectivity index (χ3v) is 2.86. The molecule has 4 heteroatoms. The number of nitrogens with two attached hydrogens (primary N) is 1. The molecule has 1 aliphatic rings. The molecule has 1 aliphatic heterocycles. The molecule has 0 spiro atoms. The van der Waals surface area contributed by atoms with E-state index in [0.29, 0.717) is 12.5 Å². The molecule has 0 aromatic heterocycles. The summed E-state index contributed by atoms with van der Waals surface area (Å²) in [6, 6.07) is 0.214. The lowest BCUT2D eigenvalue weighted by Gasteiger charge is -2.37. The standard InChI is InChI=1S/C9H18N2O2/c1-7-8(6-10)4-3-5-11(7)9(12)13-2/h7-8H,3-6,10H2,1-2H3. The second kappa shape index (κ2) is 4.46. The summed E-state index contributed by atoms with van der Waals surface area (Å²) in [6.07, 6.45) is 1.91. The van der Waals surface area contributed by atoms with Gasteiger partial charge >= 0.3 is 6.09 Å². The lowest BCUT2D eigenvalue weighted by atomic mass is 9.91. The first kappa shape index (κ1) is 10.3. The fourth-order valence-electron chi connectivity index (χ4n) is 1.91. The number of likely N-dealkylation sites (tertiary alicyclic amines) is 1. The van der Waals surface area contributed by atoms with E-state index in [-0.39, 0.29) is 12.1 Å². The van der Waals surface area contributed by atoms with Gasteiger partial charge in [-0.2, -0.15) is 0 Å². The van der Waals surface area contributed by atoms with Crippen molar-refractivity contribution in [1.29, 1.82) is 0 Å². The van der Waals surface area contributed by atoms with Crippen molar-refractivity contribution in [3.05, 3.63) is 0 Å². The number of nitrogens with zero attached hydrogens (tertiary/aromatic N) is 1. The molecule has 2 atom stereocenters. The van der Waals surface area contributed by atoms with Crippen molar-refractivity contribution >= 4 is 6.09 Å². The average Bonchev–Trinajstić information content (AvgIpc) is 2.17. The van der Waals surface area contributed by atoms with Crippen LogP contribution in [-0.4, -0.2) is 37.2 Å². The average molecular weight is 186 g/mol. The van der Waals surface area contributed by atoms with E-state index in [2.05, 4.69) is 0 Å². The Morgan fingerprint density at radius 2 is 2.38 bits per heavy atom. The number of amides is 1. The topological polar surface area (TPSA) is 55.6 Å². The zero-order valence-electron chi connectivity index (χ0n) is 8.32. The van der Waals surface area contributed by atoms with Gasteiger partial charge in [0.25, 0.3) is 0 Å². The summed E-state index contributed by atoms with van der Waals surface area (Å²) < 4.78 is 4.70. The first-order valence-corrected chi connectivity index (χ1v) is 4.75. The van der Waals surface area contributed by atoms with Gasteiger partial charge in [-0.3, -0.25) is 0 Å². The Morgan fingerprint density at radius 1 is 1.69 bits per heavy atom. The van der Waals surface area contributed by atoms with Gasteiger partial charge in [0.1, 0.15) is 0 Å². The molecular weight excluding hydrogens is 168 g/mol. The third kappa shape index (κ3) is 2.12. The van der Waals surface area contributed by atoms with Crippen molar-refractivity contribution in [3.63, 3.8) is 0 Å². The molecule has 0 saturated carbocycles. The summed E-state index contributed by atoms with van der Waals surface area (Å²) in [7, 11) is 1.42. The SMILES string of the molecule is COC(=O)N1CCCC(CN)C1C. The van der Waals surface area contributed by atoms with E-state index in [0.717, 1.165) is 19.4 Å². The fourth-order valence-corrected chi connectivity index (χ4v) is 1.91. The molecule has 1 heterocycles. The molecule has 2 unspecified atom stereocenters. The van der Waals surface area contributed by atoms with E-state index < -0.39 is 0 Å². The van der Waals surface area contributed by atoms with Gasteiger partial charge in [0.15, 0.2) is 0 Å². The Kier molecular flexibility index (Phi) is 3.54. The second-order valence-electron chi connectivity index (χ2n) is 3.54. The summed E-state index contributed by atoms with van der Waals surface area (Å²) in [5, 5.41) is 0. The van der Waals surface area contributed by atoms with E-state index in [1.165, 1.54) is 7.11 Å². The van der Waals surface area contributed by atoms with E-state index in [9.17, 15) is 4.79 Å². The van der Waals surface area contributed by atoms with Crippen LogP contribution in [0.1, 0.15) is 19.8 Å². The highest BCUT2D eigenvalue weighted by Gasteiger charge is 2.30. The first-order chi connectivity index (χ1) is 6.20. The van der Waals surface area contributed by atoms with E-state index in [4.69, 9.17) is 10.5 Å². The Hall–Kier alpha value is -0.770. The normalized spacial score (nSPS) is 28.7. The molecular formula is C9H18N2O2. The van der Waals surface area contributed by atoms with Crippen LogP contribution in [0.25, 0.3) is 0 Å². The van der Waals surface area contributed by atoms with Crippen molar-refractivity contribution < 1.29 is 9.53 Å². The van der Waals surface area contributed by atoms with Crippen LogP contribution in [0.4, 0.5) is 4.79 Å². The van der Waals surface area contributed by atoms with Crippen molar-refractivity contribution in [2.75, 3.05) is 20.2 Å². The van der Waals surface area contributed by atoms with Crippen molar-refractivity contribution in [1.82, 2.24) is 4.90 Å². The minimum Gasteiger partial charge on any atom is -0.453 e. The Morgan fingerprint density at radius 3 is 2.92 bits per heavy atom. The number of hydrogen-bond acceptors (Lipinski definition) is 3. The van der Waals surface area contributed by atoms with Gasteiger partial charge in [-0.05, 0) is 32.2 Å². The molecule has 1 fully saturated rings. The lowest BCUT2D eigenvalue weighted by molar-refractivity contribution is 0.0740. The number of carbonyl (C=O) groups is 1. The van der Waals surface area contributed by atoms with Gasteiger partial charge in [0.05, 0.1) is 7.11 Å². The molecule has 0 bridgehead atoms. The maximum Gasteiger partial charge on any atom is 0.409 e. The molecule has 1 rings (SSSR count). The first-order valence-electron chi connectivity index (χ1n) is 4.75. The van der Waals surface area contributed by atoms with Crippen LogP contribution in [0.5, 0.6) is 0 Å². The fraction of sp³-hybridized carbons (Fsp3) is 0.889. The van der Waals surface area contributed by atoms with Crippen LogP contribution < -0.4 is 5.73 Å². The molecule has 4 nitrogen and oxygen atoms in total. The van der Waals surface area contributed by atoms with Crippen LogP contribution in [-0.2, 0) is 4.74 Å². The third-order valence-electron chi connectivity index (χ3n) is 2.86. The number of carbonyl (C=O) groups excluding carboxylic acids is 1. The lowest BCUT2D eigenvalue weighted by Crippen LogP contribution is -2.48. The van der Waals surface area contributed by atoms with Crippen LogP contribution in [0.2, 0.25) is 0 Å². The minimum absolute atomic E-state index is 0.214. The largest absolute Gasteiger partial charge is 0.453 e. The molecule has 1 amide bonds. The van der Waals surface area contributed by atoms with Crippen molar-refractivity contribution in [2.45, 2.75) is 25.8 Å². The summed E-state index contributed by atoms with van der Waals surface area (Å²) in [5.41, 5.74) is 5.62. The van der Waals surface area contributed by atoms with Gasteiger partial charge in [-0.25, -0.2) is 4.79 Å². The molecule has 1 saturated heterocycles. The summed E-state index contributed by atoms with van der Waals surface area (Å²) in [4.78, 5) is 13.1. The van der Waals surface area contributed by atoms with Gasteiger partial charge in [-0.1, -0.05) is 0 Å². The quantitative estimate of drug-likeness (QED) is 0.659. The highest BCUT2D eigenvalue weighted by Crippen LogP contribution is 2.22. The van der Waals surface area contributed by atoms with Crippen LogP contribution in [0.15, 0.2) is 0 Å². The Balaban J connectivity index is 2.59. The molecule has 0 radical (unpaired) electrons. The molecule has 0 aliphatic carbocycles. The number of hydrogen-bond donors (Lipinski definition) is 1. The zero-order chi connectivity index (χ0) is 9.84. The second-order valence-corrected chi connectivity index (χ2v) is 3.54. The van der Waals surface area contributed by atoms with Gasteiger partial charge < -0.3 is 15.4 Å². The summed E-state index contributed by atoms with van der Waals surface area (Å²) in [5.74, 6) is 0.424. The van der Waals surface area contributed by atoms with E-state index in [1.54, 1.807) is 4.90 Å². The number of ether oxygens (including phenoxy) is 1. The van der Waals surface area contributed by atoms with Gasteiger partial charge in [0, 0.05) is 12.6 Å². The molecule has 0 aromatic rings. The highest BCUT2D eigenvalue weighted by molar-refractivity contribution is 5.67. The number of rotatable bonds is 1. The van der Waals surface area contributed by atoms with Crippen LogP contribution >= 0.6 is 0 Å². The predicted molar refractivity (Wildman–Crippen MR) is 50.4 cm³/mol. The zero-order valence-corrected chi connectivity index (χ0v) is 8.32. The summed E-state index contributed by atoms with van der Waals surface area (Å²) >= 11 is 0. The smallest absolute Gasteiger partial charge is 0.409 e. The molecule has 0 aromatic carbocycles. The Bertz CT molecular complexity index is 184. The van der Waals surface area contributed by atoms with E-state index >= 15 is 0 Å². The highest BCUT2D eigenvalue weighted by atomic mass is 16.5. The van der Waals surface area contributed by atoms with Crippen LogP contribution in [0, 0.1) is 5.92 Å². The molecule has 2 N–H and O–H groups in total. The molecule has 13 heavy (non-hydrogen) atoms. The van der Waals surface area contributed by atoms with Gasteiger partial charge in [0.2, 0.25) is 0 Å².